The zero-order chi connectivity index (χ0) is 13.7. The first kappa shape index (κ1) is 14.7. The SMILES string of the molecule is CC(C)c1nsc(N(CCC(N)=NO)C(C)C)n1. The van der Waals surface area contributed by atoms with Gasteiger partial charge in [0.2, 0.25) is 5.13 Å². The minimum atomic E-state index is 0.231. The molecule has 0 saturated carbocycles. The van der Waals surface area contributed by atoms with Crippen molar-refractivity contribution < 1.29 is 5.21 Å². The molecule has 102 valence electrons. The van der Waals surface area contributed by atoms with Gasteiger partial charge >= 0.3 is 0 Å². The molecule has 0 unspecified atom stereocenters. The second kappa shape index (κ2) is 6.53. The van der Waals surface area contributed by atoms with Gasteiger partial charge in [-0.1, -0.05) is 19.0 Å². The van der Waals surface area contributed by atoms with E-state index in [-0.39, 0.29) is 5.84 Å². The molecule has 0 aliphatic carbocycles. The Labute approximate surface area is 112 Å². The first-order chi connectivity index (χ1) is 8.45. The number of nitrogens with zero attached hydrogens (tertiary/aromatic N) is 4. The number of hydrogen-bond acceptors (Lipinski definition) is 6. The Bertz CT molecular complexity index is 402. The Balaban J connectivity index is 2.77. The molecule has 0 aliphatic heterocycles. The Kier molecular flexibility index (Phi) is 5.33. The van der Waals surface area contributed by atoms with Crippen molar-refractivity contribution in [2.45, 2.75) is 46.1 Å². The standard InChI is InChI=1S/C11H21N5OS/c1-7(2)10-13-11(18-15-10)16(8(3)4)6-5-9(12)14-17/h7-8,17H,5-6H2,1-4H3,(H2,12,14). The lowest BCUT2D eigenvalue weighted by atomic mass is 10.2. The van der Waals surface area contributed by atoms with Crippen LogP contribution >= 0.6 is 11.5 Å². The maximum absolute atomic E-state index is 8.55. The highest BCUT2D eigenvalue weighted by Crippen LogP contribution is 2.23. The van der Waals surface area contributed by atoms with Crippen LogP contribution in [0.3, 0.4) is 0 Å². The van der Waals surface area contributed by atoms with Gasteiger partial charge < -0.3 is 15.8 Å². The second-order valence-electron chi connectivity index (χ2n) is 4.72. The fourth-order valence-corrected chi connectivity index (χ4v) is 2.41. The summed E-state index contributed by atoms with van der Waals surface area (Å²) in [6.45, 7) is 8.98. The monoisotopic (exact) mass is 271 g/mol. The minimum absolute atomic E-state index is 0.231. The molecule has 1 aromatic rings. The lowest BCUT2D eigenvalue weighted by Crippen LogP contribution is -2.34. The van der Waals surface area contributed by atoms with Gasteiger partial charge in [-0.2, -0.15) is 4.37 Å². The molecule has 0 fully saturated rings. The molecule has 0 radical (unpaired) electrons. The van der Waals surface area contributed by atoms with Gasteiger partial charge in [-0.15, -0.1) is 0 Å². The quantitative estimate of drug-likeness (QED) is 0.358. The van der Waals surface area contributed by atoms with Crippen molar-refractivity contribution in [3.05, 3.63) is 5.82 Å². The van der Waals surface area contributed by atoms with Crippen molar-refractivity contribution >= 4 is 22.5 Å². The van der Waals surface area contributed by atoms with Crippen molar-refractivity contribution in [1.29, 1.82) is 0 Å². The van der Waals surface area contributed by atoms with E-state index in [1.54, 1.807) is 0 Å². The van der Waals surface area contributed by atoms with Gasteiger partial charge in [0.15, 0.2) is 0 Å². The van der Waals surface area contributed by atoms with E-state index in [4.69, 9.17) is 10.9 Å². The highest BCUT2D eigenvalue weighted by atomic mass is 32.1. The van der Waals surface area contributed by atoms with E-state index in [2.05, 4.69) is 47.1 Å². The lowest BCUT2D eigenvalue weighted by Gasteiger charge is -2.25. The van der Waals surface area contributed by atoms with Crippen LogP contribution in [0.25, 0.3) is 0 Å². The molecule has 0 atom stereocenters. The molecule has 1 heterocycles. The summed E-state index contributed by atoms with van der Waals surface area (Å²) in [5.74, 6) is 1.42. The Hall–Kier alpha value is -1.37. The third-order valence-corrected chi connectivity index (χ3v) is 3.32. The van der Waals surface area contributed by atoms with Gasteiger partial charge in [-0.05, 0) is 13.8 Å². The van der Waals surface area contributed by atoms with Crippen LogP contribution in [0.2, 0.25) is 0 Å². The molecule has 18 heavy (non-hydrogen) atoms. The van der Waals surface area contributed by atoms with Crippen molar-refractivity contribution in [2.75, 3.05) is 11.4 Å². The second-order valence-corrected chi connectivity index (χ2v) is 5.45. The highest BCUT2D eigenvalue weighted by molar-refractivity contribution is 7.09. The molecule has 1 aromatic heterocycles. The first-order valence-electron chi connectivity index (χ1n) is 6.02. The Morgan fingerprint density at radius 1 is 1.44 bits per heavy atom. The first-order valence-corrected chi connectivity index (χ1v) is 6.79. The van der Waals surface area contributed by atoms with Gasteiger partial charge in [-0.3, -0.25) is 0 Å². The molecular weight excluding hydrogens is 250 g/mol. The third-order valence-electron chi connectivity index (χ3n) is 2.55. The van der Waals surface area contributed by atoms with Crippen molar-refractivity contribution in [2.24, 2.45) is 10.9 Å². The van der Waals surface area contributed by atoms with Crippen LogP contribution in [0.1, 0.15) is 45.9 Å². The van der Waals surface area contributed by atoms with E-state index >= 15 is 0 Å². The number of hydrogen-bond donors (Lipinski definition) is 2. The van der Waals surface area contributed by atoms with Crippen LogP contribution in [-0.2, 0) is 0 Å². The summed E-state index contributed by atoms with van der Waals surface area (Å²) in [6.07, 6.45) is 0.505. The maximum Gasteiger partial charge on any atom is 0.205 e. The van der Waals surface area contributed by atoms with Crippen LogP contribution in [0, 0.1) is 0 Å². The van der Waals surface area contributed by atoms with Crippen LogP contribution in [-0.4, -0.2) is 33.0 Å². The summed E-state index contributed by atoms with van der Waals surface area (Å²) in [5.41, 5.74) is 5.49. The topological polar surface area (TPSA) is 87.6 Å². The van der Waals surface area contributed by atoms with E-state index in [9.17, 15) is 0 Å². The van der Waals surface area contributed by atoms with Crippen molar-refractivity contribution in [3.8, 4) is 0 Å². The molecule has 1 rings (SSSR count). The average Bonchev–Trinajstić information content (AvgIpc) is 2.78. The van der Waals surface area contributed by atoms with E-state index < -0.39 is 0 Å². The Morgan fingerprint density at radius 2 is 2.11 bits per heavy atom. The molecular formula is C11H21N5OS. The summed E-state index contributed by atoms with van der Waals surface area (Å²) >= 11 is 1.40. The molecule has 0 bridgehead atoms. The zero-order valence-electron chi connectivity index (χ0n) is 11.3. The average molecular weight is 271 g/mol. The third kappa shape index (κ3) is 3.83. The number of amidine groups is 1. The fraction of sp³-hybridized carbons (Fsp3) is 0.727. The molecule has 6 nitrogen and oxygen atoms in total. The predicted octanol–water partition coefficient (Wildman–Crippen LogP) is 2.01. The predicted molar refractivity (Wildman–Crippen MR) is 74.5 cm³/mol. The van der Waals surface area contributed by atoms with E-state index in [1.165, 1.54) is 11.5 Å². The summed E-state index contributed by atoms with van der Waals surface area (Å²) < 4.78 is 4.34. The van der Waals surface area contributed by atoms with Gasteiger partial charge in [0.1, 0.15) is 11.7 Å². The number of anilines is 1. The molecule has 0 spiro atoms. The molecule has 0 saturated heterocycles. The van der Waals surface area contributed by atoms with Gasteiger partial charge in [0.25, 0.3) is 0 Å². The zero-order valence-corrected chi connectivity index (χ0v) is 12.1. The summed E-state index contributed by atoms with van der Waals surface area (Å²) in [5, 5.41) is 12.4. The van der Waals surface area contributed by atoms with Gasteiger partial charge in [-0.25, -0.2) is 4.98 Å². The highest BCUT2D eigenvalue weighted by Gasteiger charge is 2.17. The lowest BCUT2D eigenvalue weighted by molar-refractivity contribution is 0.317. The number of aromatic nitrogens is 2. The van der Waals surface area contributed by atoms with E-state index in [1.807, 2.05) is 0 Å². The van der Waals surface area contributed by atoms with E-state index in [0.29, 0.717) is 24.9 Å². The number of rotatable bonds is 6. The molecule has 0 amide bonds. The number of nitrogens with two attached hydrogens (primary N) is 1. The van der Waals surface area contributed by atoms with E-state index in [0.717, 1.165) is 11.0 Å². The Morgan fingerprint density at radius 3 is 2.56 bits per heavy atom. The number of oxime groups is 1. The molecule has 0 aliphatic rings. The molecule has 3 N–H and O–H groups in total. The minimum Gasteiger partial charge on any atom is -0.409 e. The fourth-order valence-electron chi connectivity index (χ4n) is 1.44. The van der Waals surface area contributed by atoms with Crippen LogP contribution in [0.4, 0.5) is 5.13 Å². The summed E-state index contributed by atoms with van der Waals surface area (Å²) in [4.78, 5) is 6.64. The van der Waals surface area contributed by atoms with Crippen LogP contribution in [0.5, 0.6) is 0 Å². The normalized spacial score (nSPS) is 12.4. The van der Waals surface area contributed by atoms with Crippen LogP contribution < -0.4 is 10.6 Å². The van der Waals surface area contributed by atoms with Crippen molar-refractivity contribution in [1.82, 2.24) is 9.36 Å². The summed E-state index contributed by atoms with van der Waals surface area (Å²) in [7, 11) is 0. The maximum atomic E-state index is 8.55. The summed E-state index contributed by atoms with van der Waals surface area (Å²) in [6, 6.07) is 0.296. The van der Waals surface area contributed by atoms with Crippen molar-refractivity contribution in [3.63, 3.8) is 0 Å². The largest absolute Gasteiger partial charge is 0.409 e. The van der Waals surface area contributed by atoms with Gasteiger partial charge in [0.05, 0.1) is 0 Å². The molecule has 7 heteroatoms. The smallest absolute Gasteiger partial charge is 0.205 e. The molecule has 0 aromatic carbocycles. The van der Waals surface area contributed by atoms with Gasteiger partial charge in [0, 0.05) is 36.5 Å². The van der Waals surface area contributed by atoms with Crippen LogP contribution in [0.15, 0.2) is 5.16 Å².